The van der Waals surface area contributed by atoms with E-state index in [1.54, 1.807) is 40.0 Å². The summed E-state index contributed by atoms with van der Waals surface area (Å²) in [7, 11) is 2.83. The molecule has 0 saturated heterocycles. The lowest BCUT2D eigenvalue weighted by atomic mass is 10.1. The molecule has 0 aliphatic rings. The molecule has 150 valence electrons. The molecule has 0 spiro atoms. The number of aromatic nitrogens is 1. The summed E-state index contributed by atoms with van der Waals surface area (Å²) in [5.74, 6) is 0.0542. The molecule has 0 saturated carbocycles. The second-order valence-corrected chi connectivity index (χ2v) is 7.32. The van der Waals surface area contributed by atoms with E-state index in [0.29, 0.717) is 5.75 Å². The van der Waals surface area contributed by atoms with Gasteiger partial charge < -0.3 is 14.2 Å². The normalized spacial score (nSPS) is 10.9. The standard InChI is InChI=1S/C20H23ClN2O5/c1-20(2,3)28-19(25)23(12-13-6-8-14(26-4)9-7-13)16-11-22-17(21)10-15(16)18(24)27-5/h6-11H,12H2,1-5H3. The smallest absolute Gasteiger partial charge is 0.415 e. The van der Waals surface area contributed by atoms with E-state index in [9.17, 15) is 9.59 Å². The third kappa shape index (κ3) is 5.60. The Balaban J connectivity index is 2.48. The lowest BCUT2D eigenvalue weighted by molar-refractivity contribution is 0.0576. The first-order valence-electron chi connectivity index (χ1n) is 8.52. The van der Waals surface area contributed by atoms with E-state index in [-0.39, 0.29) is 22.9 Å². The van der Waals surface area contributed by atoms with E-state index in [1.165, 1.54) is 24.3 Å². The van der Waals surface area contributed by atoms with Crippen molar-refractivity contribution in [2.24, 2.45) is 0 Å². The van der Waals surface area contributed by atoms with Gasteiger partial charge in [-0.2, -0.15) is 0 Å². The van der Waals surface area contributed by atoms with Crippen LogP contribution in [0, 0.1) is 0 Å². The molecule has 0 fully saturated rings. The maximum atomic E-state index is 12.9. The fourth-order valence-corrected chi connectivity index (χ4v) is 2.55. The van der Waals surface area contributed by atoms with E-state index < -0.39 is 17.7 Å². The number of hydrogen-bond acceptors (Lipinski definition) is 6. The number of benzene rings is 1. The molecule has 8 heteroatoms. The van der Waals surface area contributed by atoms with Crippen molar-refractivity contribution in [2.45, 2.75) is 32.9 Å². The summed E-state index contributed by atoms with van der Waals surface area (Å²) in [4.78, 5) is 30.5. The number of amides is 1. The molecule has 0 unspecified atom stereocenters. The summed E-state index contributed by atoms with van der Waals surface area (Å²) in [5.41, 5.74) is 0.432. The number of hydrogen-bond donors (Lipinski definition) is 0. The number of halogens is 1. The van der Waals surface area contributed by atoms with Crippen LogP contribution in [0.5, 0.6) is 5.75 Å². The second-order valence-electron chi connectivity index (χ2n) is 6.93. The third-order valence-corrected chi connectivity index (χ3v) is 3.87. The van der Waals surface area contributed by atoms with Crippen LogP contribution in [0.4, 0.5) is 10.5 Å². The summed E-state index contributed by atoms with van der Waals surface area (Å²) in [6, 6.07) is 8.55. The number of rotatable bonds is 5. The van der Waals surface area contributed by atoms with Gasteiger partial charge in [0.25, 0.3) is 0 Å². The predicted molar refractivity (Wildman–Crippen MR) is 106 cm³/mol. The highest BCUT2D eigenvalue weighted by atomic mass is 35.5. The zero-order valence-electron chi connectivity index (χ0n) is 16.5. The Hall–Kier alpha value is -2.80. The quantitative estimate of drug-likeness (QED) is 0.538. The van der Waals surface area contributed by atoms with E-state index in [0.717, 1.165) is 5.56 Å². The van der Waals surface area contributed by atoms with Crippen molar-refractivity contribution in [2.75, 3.05) is 19.1 Å². The minimum Gasteiger partial charge on any atom is -0.497 e. The molecule has 1 heterocycles. The Morgan fingerprint density at radius 2 is 1.79 bits per heavy atom. The highest BCUT2D eigenvalue weighted by Gasteiger charge is 2.28. The predicted octanol–water partition coefficient (Wildman–Crippen LogP) is 4.47. The van der Waals surface area contributed by atoms with Gasteiger partial charge >= 0.3 is 12.1 Å². The van der Waals surface area contributed by atoms with Crippen LogP contribution < -0.4 is 9.64 Å². The molecule has 0 N–H and O–H groups in total. The molecule has 0 radical (unpaired) electrons. The summed E-state index contributed by atoms with van der Waals surface area (Å²) >= 11 is 5.93. The van der Waals surface area contributed by atoms with Crippen molar-refractivity contribution in [1.82, 2.24) is 4.98 Å². The molecular weight excluding hydrogens is 384 g/mol. The molecule has 0 bridgehead atoms. The Bertz CT molecular complexity index is 847. The van der Waals surface area contributed by atoms with Crippen LogP contribution in [0.3, 0.4) is 0 Å². The Morgan fingerprint density at radius 1 is 1.14 bits per heavy atom. The molecule has 1 aromatic carbocycles. The van der Waals surface area contributed by atoms with Crippen molar-refractivity contribution in [3.63, 3.8) is 0 Å². The van der Waals surface area contributed by atoms with E-state index in [2.05, 4.69) is 4.98 Å². The SMILES string of the molecule is COC(=O)c1cc(Cl)ncc1N(Cc1ccc(OC)cc1)C(=O)OC(C)(C)C. The monoisotopic (exact) mass is 406 g/mol. The first kappa shape index (κ1) is 21.5. The maximum Gasteiger partial charge on any atom is 0.415 e. The van der Waals surface area contributed by atoms with Crippen molar-refractivity contribution < 1.29 is 23.8 Å². The van der Waals surface area contributed by atoms with E-state index in [4.69, 9.17) is 25.8 Å². The van der Waals surface area contributed by atoms with Crippen LogP contribution in [0.2, 0.25) is 5.15 Å². The van der Waals surface area contributed by atoms with Crippen LogP contribution >= 0.6 is 11.6 Å². The van der Waals surface area contributed by atoms with Gasteiger partial charge in [-0.25, -0.2) is 14.6 Å². The third-order valence-electron chi connectivity index (χ3n) is 3.66. The molecule has 7 nitrogen and oxygen atoms in total. The number of carbonyl (C=O) groups excluding carboxylic acids is 2. The summed E-state index contributed by atoms with van der Waals surface area (Å²) in [6.45, 7) is 5.43. The van der Waals surface area contributed by atoms with Crippen LogP contribution in [0.1, 0.15) is 36.7 Å². The average Bonchev–Trinajstić information content (AvgIpc) is 2.64. The molecule has 1 amide bonds. The number of methoxy groups -OCH3 is 2. The second kappa shape index (κ2) is 8.93. The van der Waals surface area contributed by atoms with Gasteiger partial charge in [-0.1, -0.05) is 23.7 Å². The number of nitrogens with zero attached hydrogens (tertiary/aromatic N) is 2. The van der Waals surface area contributed by atoms with Gasteiger partial charge in [0.1, 0.15) is 16.5 Å². The molecule has 1 aromatic heterocycles. The van der Waals surface area contributed by atoms with E-state index in [1.807, 2.05) is 12.1 Å². The van der Waals surface area contributed by atoms with Gasteiger partial charge in [-0.05, 0) is 44.5 Å². The Kier molecular flexibility index (Phi) is 6.85. The van der Waals surface area contributed by atoms with Crippen LogP contribution in [-0.4, -0.2) is 36.9 Å². The van der Waals surface area contributed by atoms with Gasteiger partial charge in [0, 0.05) is 0 Å². The summed E-state index contributed by atoms with van der Waals surface area (Å²) in [6.07, 6.45) is 0.722. The van der Waals surface area contributed by atoms with Crippen LogP contribution in [-0.2, 0) is 16.0 Å². The minimum absolute atomic E-state index is 0.109. The lowest BCUT2D eigenvalue weighted by Crippen LogP contribution is -2.37. The topological polar surface area (TPSA) is 78.0 Å². The fraction of sp³-hybridized carbons (Fsp3) is 0.350. The van der Waals surface area contributed by atoms with Crippen LogP contribution in [0.15, 0.2) is 36.5 Å². The van der Waals surface area contributed by atoms with Gasteiger partial charge in [0.2, 0.25) is 0 Å². The minimum atomic E-state index is -0.722. The molecule has 0 atom stereocenters. The van der Waals surface area contributed by atoms with Gasteiger partial charge in [-0.3, -0.25) is 4.90 Å². The highest BCUT2D eigenvalue weighted by molar-refractivity contribution is 6.29. The lowest BCUT2D eigenvalue weighted by Gasteiger charge is -2.28. The van der Waals surface area contributed by atoms with Crippen molar-refractivity contribution in [1.29, 1.82) is 0 Å². The summed E-state index contributed by atoms with van der Waals surface area (Å²) in [5, 5.41) is 0.109. The number of carbonyl (C=O) groups is 2. The zero-order valence-corrected chi connectivity index (χ0v) is 17.2. The van der Waals surface area contributed by atoms with Gasteiger partial charge in [0.05, 0.1) is 38.2 Å². The van der Waals surface area contributed by atoms with Gasteiger partial charge in [-0.15, -0.1) is 0 Å². The van der Waals surface area contributed by atoms with Crippen molar-refractivity contribution in [3.05, 3.63) is 52.8 Å². The largest absolute Gasteiger partial charge is 0.497 e. The Morgan fingerprint density at radius 3 is 2.32 bits per heavy atom. The number of pyridine rings is 1. The van der Waals surface area contributed by atoms with Gasteiger partial charge in [0.15, 0.2) is 0 Å². The first-order chi connectivity index (χ1) is 13.1. The summed E-state index contributed by atoms with van der Waals surface area (Å²) < 4.78 is 15.5. The van der Waals surface area contributed by atoms with E-state index >= 15 is 0 Å². The van der Waals surface area contributed by atoms with Crippen molar-refractivity contribution in [3.8, 4) is 5.75 Å². The molecule has 28 heavy (non-hydrogen) atoms. The fourth-order valence-electron chi connectivity index (χ4n) is 2.39. The zero-order chi connectivity index (χ0) is 20.9. The maximum absolute atomic E-state index is 12.9. The number of esters is 1. The Labute approximate surface area is 169 Å². The molecular formula is C20H23ClN2O5. The molecule has 0 aliphatic carbocycles. The number of anilines is 1. The molecule has 0 aliphatic heterocycles. The molecule has 2 aromatic rings. The van der Waals surface area contributed by atoms with Crippen molar-refractivity contribution >= 4 is 29.4 Å². The number of ether oxygens (including phenoxy) is 3. The molecule has 2 rings (SSSR count). The first-order valence-corrected chi connectivity index (χ1v) is 8.89. The average molecular weight is 407 g/mol. The highest BCUT2D eigenvalue weighted by Crippen LogP contribution is 2.27. The van der Waals surface area contributed by atoms with Crippen LogP contribution in [0.25, 0.3) is 0 Å².